The summed E-state index contributed by atoms with van der Waals surface area (Å²) in [7, 11) is 0. The molecule has 3 rings (SSSR count). The molecule has 0 atom stereocenters. The number of carbonyl (C=O) groups excluding carboxylic acids is 2. The van der Waals surface area contributed by atoms with Crippen molar-refractivity contribution in [3.63, 3.8) is 0 Å². The van der Waals surface area contributed by atoms with Crippen molar-refractivity contribution in [2.45, 2.75) is 32.3 Å². The highest BCUT2D eigenvalue weighted by atomic mass is 16.5. The summed E-state index contributed by atoms with van der Waals surface area (Å²) < 4.78 is 5.84. The van der Waals surface area contributed by atoms with Gasteiger partial charge in [-0.2, -0.15) is 0 Å². The van der Waals surface area contributed by atoms with Gasteiger partial charge in [0.25, 0.3) is 0 Å². The smallest absolute Gasteiger partial charge is 0.234 e. The van der Waals surface area contributed by atoms with Crippen LogP contribution in [0.4, 0.5) is 0 Å². The van der Waals surface area contributed by atoms with Gasteiger partial charge in [-0.05, 0) is 38.8 Å². The number of aliphatic hydroxyl groups excluding tert-OH is 1. The molecule has 0 saturated heterocycles. The van der Waals surface area contributed by atoms with Crippen LogP contribution in [0.1, 0.15) is 41.8 Å². The zero-order valence-corrected chi connectivity index (χ0v) is 10.8. The molecule has 0 saturated carbocycles. The minimum Gasteiger partial charge on any atom is -0.507 e. The Balaban J connectivity index is 2.22. The molecule has 4 heteroatoms. The van der Waals surface area contributed by atoms with Gasteiger partial charge in [0.1, 0.15) is 17.1 Å². The van der Waals surface area contributed by atoms with E-state index in [1.807, 2.05) is 13.8 Å². The number of hydrogen-bond acceptors (Lipinski definition) is 4. The third-order valence-corrected chi connectivity index (χ3v) is 3.63. The predicted octanol–water partition coefficient (Wildman–Crippen LogP) is 2.45. The van der Waals surface area contributed by atoms with Gasteiger partial charge in [0.2, 0.25) is 11.6 Å². The first-order valence-corrected chi connectivity index (χ1v) is 6.24. The molecule has 1 aromatic rings. The molecule has 1 aromatic carbocycles. The first-order valence-electron chi connectivity index (χ1n) is 6.24. The van der Waals surface area contributed by atoms with Gasteiger partial charge in [-0.15, -0.1) is 0 Å². The second-order valence-electron chi connectivity index (χ2n) is 5.55. The number of hydrogen-bond donors (Lipinski definition) is 1. The normalized spacial score (nSPS) is 20.2. The molecule has 1 aliphatic carbocycles. The van der Waals surface area contributed by atoms with Gasteiger partial charge in [-0.1, -0.05) is 0 Å². The standard InChI is InChI=1S/C15H14O4/c1-15(2)6-5-9-12(19-15)4-3-8-10(16)7-11(17)14(18)13(8)9/h3-4,7,16H,5-6H2,1-2H3. The molecule has 19 heavy (non-hydrogen) atoms. The average molecular weight is 258 g/mol. The van der Waals surface area contributed by atoms with Crippen LogP contribution in [0.3, 0.4) is 0 Å². The molecule has 0 spiro atoms. The fraction of sp³-hybridized carbons (Fsp3) is 0.333. The molecular weight excluding hydrogens is 244 g/mol. The molecule has 0 amide bonds. The average Bonchev–Trinajstić information content (AvgIpc) is 2.33. The zero-order valence-electron chi connectivity index (χ0n) is 10.8. The fourth-order valence-electron chi connectivity index (χ4n) is 2.61. The van der Waals surface area contributed by atoms with Gasteiger partial charge in [-0.25, -0.2) is 0 Å². The Hall–Kier alpha value is -2.10. The van der Waals surface area contributed by atoms with Gasteiger partial charge < -0.3 is 9.84 Å². The molecule has 1 aliphatic heterocycles. The van der Waals surface area contributed by atoms with E-state index in [2.05, 4.69) is 0 Å². The maximum absolute atomic E-state index is 12.0. The van der Waals surface area contributed by atoms with Crippen molar-refractivity contribution < 1.29 is 19.4 Å². The highest BCUT2D eigenvalue weighted by Gasteiger charge is 2.34. The van der Waals surface area contributed by atoms with Gasteiger partial charge in [0.15, 0.2) is 0 Å². The van der Waals surface area contributed by atoms with Crippen molar-refractivity contribution in [3.05, 3.63) is 34.9 Å². The van der Waals surface area contributed by atoms with Gasteiger partial charge in [0.05, 0.1) is 0 Å². The molecule has 98 valence electrons. The SMILES string of the molecule is CC1(C)CCc2c(ccc3c2C(=O)C(=O)C=C3O)O1. The monoisotopic (exact) mass is 258 g/mol. The number of rotatable bonds is 0. The van der Waals surface area contributed by atoms with Crippen molar-refractivity contribution in [3.8, 4) is 5.75 Å². The lowest BCUT2D eigenvalue weighted by molar-refractivity contribution is -0.111. The lowest BCUT2D eigenvalue weighted by Crippen LogP contribution is -2.34. The number of benzene rings is 1. The zero-order chi connectivity index (χ0) is 13.8. The Bertz CT molecular complexity index is 638. The molecule has 1 N–H and O–H groups in total. The van der Waals surface area contributed by atoms with E-state index in [1.165, 1.54) is 0 Å². The number of ether oxygens (including phenoxy) is 1. The minimum atomic E-state index is -0.678. The molecule has 0 unspecified atom stereocenters. The van der Waals surface area contributed by atoms with Crippen LogP contribution in [-0.4, -0.2) is 22.3 Å². The third-order valence-electron chi connectivity index (χ3n) is 3.63. The van der Waals surface area contributed by atoms with Crippen LogP contribution in [0.15, 0.2) is 18.2 Å². The molecular formula is C15H14O4. The van der Waals surface area contributed by atoms with E-state index >= 15 is 0 Å². The van der Waals surface area contributed by atoms with Crippen molar-refractivity contribution in [2.75, 3.05) is 0 Å². The quantitative estimate of drug-likeness (QED) is 0.726. The topological polar surface area (TPSA) is 63.6 Å². The lowest BCUT2D eigenvalue weighted by Gasteiger charge is -2.34. The van der Waals surface area contributed by atoms with E-state index in [9.17, 15) is 14.7 Å². The van der Waals surface area contributed by atoms with E-state index in [0.717, 1.165) is 18.1 Å². The van der Waals surface area contributed by atoms with E-state index in [1.54, 1.807) is 12.1 Å². The number of aliphatic hydroxyl groups is 1. The number of allylic oxidation sites excluding steroid dienone is 1. The summed E-state index contributed by atoms with van der Waals surface area (Å²) in [5.74, 6) is -0.755. The summed E-state index contributed by atoms with van der Waals surface area (Å²) in [6.07, 6.45) is 2.41. The van der Waals surface area contributed by atoms with Crippen molar-refractivity contribution >= 4 is 17.3 Å². The first-order chi connectivity index (χ1) is 8.89. The van der Waals surface area contributed by atoms with Crippen molar-refractivity contribution in [1.29, 1.82) is 0 Å². The van der Waals surface area contributed by atoms with E-state index in [4.69, 9.17) is 4.74 Å². The number of ketones is 2. The minimum absolute atomic E-state index is 0.146. The third kappa shape index (κ3) is 1.75. The Kier molecular flexibility index (Phi) is 2.33. The van der Waals surface area contributed by atoms with Crippen LogP contribution in [-0.2, 0) is 11.2 Å². The first kappa shape index (κ1) is 12.0. The van der Waals surface area contributed by atoms with Crippen LogP contribution < -0.4 is 4.74 Å². The Morgan fingerprint density at radius 3 is 2.74 bits per heavy atom. The summed E-state index contributed by atoms with van der Waals surface area (Å²) >= 11 is 0. The van der Waals surface area contributed by atoms with Gasteiger partial charge in [0, 0.05) is 22.8 Å². The molecule has 0 aromatic heterocycles. The molecule has 0 radical (unpaired) electrons. The van der Waals surface area contributed by atoms with Crippen LogP contribution in [0.5, 0.6) is 5.75 Å². The lowest BCUT2D eigenvalue weighted by atomic mass is 9.84. The van der Waals surface area contributed by atoms with E-state index < -0.39 is 11.6 Å². The number of carbonyl (C=O) groups is 2. The second-order valence-corrected chi connectivity index (χ2v) is 5.55. The number of fused-ring (bicyclic) bond motifs is 3. The van der Waals surface area contributed by atoms with E-state index in [0.29, 0.717) is 23.3 Å². The molecule has 1 heterocycles. The Morgan fingerprint density at radius 2 is 2.00 bits per heavy atom. The molecule has 0 bridgehead atoms. The molecule has 2 aliphatic rings. The van der Waals surface area contributed by atoms with Crippen LogP contribution in [0, 0.1) is 0 Å². The second kappa shape index (κ2) is 3.70. The van der Waals surface area contributed by atoms with Crippen molar-refractivity contribution in [2.24, 2.45) is 0 Å². The largest absolute Gasteiger partial charge is 0.507 e. The van der Waals surface area contributed by atoms with Crippen LogP contribution >= 0.6 is 0 Å². The summed E-state index contributed by atoms with van der Waals surface area (Å²) in [6.45, 7) is 3.97. The highest BCUT2D eigenvalue weighted by Crippen LogP contribution is 2.39. The van der Waals surface area contributed by atoms with Crippen LogP contribution in [0.25, 0.3) is 5.76 Å². The van der Waals surface area contributed by atoms with E-state index in [-0.39, 0.29) is 11.4 Å². The summed E-state index contributed by atoms with van der Waals surface area (Å²) in [4.78, 5) is 23.6. The van der Waals surface area contributed by atoms with Crippen LogP contribution in [0.2, 0.25) is 0 Å². The summed E-state index contributed by atoms with van der Waals surface area (Å²) in [5.41, 5.74) is 1.18. The summed E-state index contributed by atoms with van der Waals surface area (Å²) in [5, 5.41) is 9.80. The highest BCUT2D eigenvalue weighted by molar-refractivity contribution is 6.50. The fourth-order valence-corrected chi connectivity index (χ4v) is 2.61. The predicted molar refractivity (Wildman–Crippen MR) is 69.4 cm³/mol. The Morgan fingerprint density at radius 1 is 1.26 bits per heavy atom. The van der Waals surface area contributed by atoms with Gasteiger partial charge in [-0.3, -0.25) is 9.59 Å². The Labute approximate surface area is 110 Å². The maximum Gasteiger partial charge on any atom is 0.234 e. The summed E-state index contributed by atoms with van der Waals surface area (Å²) in [6, 6.07) is 3.38. The number of Topliss-reactive ketones (excluding diaryl/α,β-unsaturated/α-hetero) is 1. The van der Waals surface area contributed by atoms with Gasteiger partial charge >= 0.3 is 0 Å². The van der Waals surface area contributed by atoms with Crippen molar-refractivity contribution in [1.82, 2.24) is 0 Å². The molecule has 4 nitrogen and oxygen atoms in total. The maximum atomic E-state index is 12.0. The molecule has 0 fully saturated rings.